The number of carbonyl (C=O) groups is 1. The number of amides is 1. The quantitative estimate of drug-likeness (QED) is 0.0764. The normalized spacial score (nSPS) is 17.7. The van der Waals surface area contributed by atoms with E-state index in [2.05, 4.69) is 57.0 Å². The van der Waals surface area contributed by atoms with Gasteiger partial charge in [0.2, 0.25) is 0 Å². The summed E-state index contributed by atoms with van der Waals surface area (Å²) in [6.07, 6.45) is 9.63. The van der Waals surface area contributed by atoms with Gasteiger partial charge in [0.25, 0.3) is 15.9 Å². The largest absolute Gasteiger partial charge is 0.483 e. The molecule has 3 aliphatic rings. The van der Waals surface area contributed by atoms with E-state index in [9.17, 15) is 23.3 Å². The van der Waals surface area contributed by atoms with Crippen molar-refractivity contribution in [3.63, 3.8) is 0 Å². The van der Waals surface area contributed by atoms with Crippen LogP contribution in [0.3, 0.4) is 0 Å². The SMILES string of the molecule is CC1(C)CCC(CN2CC=C(c3ccc(C(=O)NS(=O)(=O)c4ccc(OCC5(F)CCNCC5)c([N+](=O)[O-])c4)c(Oc4cnc5[nH]ccc5c4)c3)CC2)=C(c2ccc(Cl)cc2)C1.Cl. The highest BCUT2D eigenvalue weighted by atomic mass is 35.5. The lowest BCUT2D eigenvalue weighted by molar-refractivity contribution is -0.386. The Balaban J connectivity index is 0.00000595. The highest BCUT2D eigenvalue weighted by molar-refractivity contribution is 7.90. The van der Waals surface area contributed by atoms with Crippen LogP contribution in [0, 0.1) is 15.5 Å². The summed E-state index contributed by atoms with van der Waals surface area (Å²) < 4.78 is 56.3. The van der Waals surface area contributed by atoms with Crippen molar-refractivity contribution in [3.8, 4) is 17.2 Å². The first kappa shape index (κ1) is 45.7. The Morgan fingerprint density at radius 1 is 1.00 bits per heavy atom. The number of sulfonamides is 1. The van der Waals surface area contributed by atoms with E-state index in [4.69, 9.17) is 21.1 Å². The number of benzene rings is 3. The summed E-state index contributed by atoms with van der Waals surface area (Å²) >= 11 is 6.23. The van der Waals surface area contributed by atoms with E-state index in [1.54, 1.807) is 24.4 Å². The number of aromatic nitrogens is 2. The number of rotatable bonds is 13. The smallest absolute Gasteiger partial charge is 0.312 e. The monoisotopic (exact) mass is 918 g/mol. The summed E-state index contributed by atoms with van der Waals surface area (Å²) in [5.41, 5.74) is 4.30. The molecule has 3 N–H and O–H groups in total. The number of fused-ring (bicyclic) bond motifs is 1. The molecule has 1 saturated heterocycles. The maximum absolute atomic E-state index is 15.2. The molecule has 1 amide bonds. The molecule has 0 atom stereocenters. The van der Waals surface area contributed by atoms with Crippen molar-refractivity contribution in [2.24, 2.45) is 5.41 Å². The molecule has 0 radical (unpaired) electrons. The molecule has 332 valence electrons. The van der Waals surface area contributed by atoms with Crippen LogP contribution in [0.1, 0.15) is 73.9 Å². The number of H-pyrrole nitrogens is 1. The zero-order valence-corrected chi connectivity index (χ0v) is 37.3. The number of pyridine rings is 1. The maximum atomic E-state index is 15.2. The molecular weight excluding hydrogens is 871 g/mol. The number of hydrogen-bond donors (Lipinski definition) is 3. The Labute approximate surface area is 376 Å². The number of aromatic amines is 1. The third kappa shape index (κ3) is 10.7. The average molecular weight is 920 g/mol. The summed E-state index contributed by atoms with van der Waals surface area (Å²) in [4.78, 5) is 34.4. The fraction of sp³-hybridized carbons (Fsp3) is 0.348. The molecule has 2 aromatic heterocycles. The molecule has 1 aliphatic carbocycles. The van der Waals surface area contributed by atoms with E-state index in [0.717, 1.165) is 73.5 Å². The maximum Gasteiger partial charge on any atom is 0.312 e. The van der Waals surface area contributed by atoms with Crippen molar-refractivity contribution in [2.45, 2.75) is 62.9 Å². The van der Waals surface area contributed by atoms with E-state index in [1.165, 1.54) is 29.0 Å². The average Bonchev–Trinajstić information content (AvgIpc) is 3.72. The zero-order valence-electron chi connectivity index (χ0n) is 34.9. The summed E-state index contributed by atoms with van der Waals surface area (Å²) in [7, 11) is -4.66. The Bertz CT molecular complexity index is 2700. The number of nitrogens with zero attached hydrogens (tertiary/aromatic N) is 3. The molecule has 2 aliphatic heterocycles. The van der Waals surface area contributed by atoms with Gasteiger partial charge in [-0.3, -0.25) is 19.8 Å². The van der Waals surface area contributed by atoms with Gasteiger partial charge in [0.1, 0.15) is 29.4 Å². The fourth-order valence-corrected chi connectivity index (χ4v) is 9.45. The minimum Gasteiger partial charge on any atom is -0.483 e. The van der Waals surface area contributed by atoms with Crippen LogP contribution in [0.4, 0.5) is 10.1 Å². The Morgan fingerprint density at radius 3 is 2.49 bits per heavy atom. The second kappa shape index (κ2) is 18.8. The van der Waals surface area contributed by atoms with Crippen LogP contribution in [0.15, 0.2) is 102 Å². The Hall–Kier alpha value is -5.32. The van der Waals surface area contributed by atoms with Gasteiger partial charge in [-0.2, -0.15) is 0 Å². The van der Waals surface area contributed by atoms with Gasteiger partial charge >= 0.3 is 5.69 Å². The minimum absolute atomic E-state index is 0. The molecule has 8 rings (SSSR count). The summed E-state index contributed by atoms with van der Waals surface area (Å²) in [5.74, 6) is -0.889. The number of alkyl halides is 1. The van der Waals surface area contributed by atoms with Crippen molar-refractivity contribution in [3.05, 3.63) is 129 Å². The van der Waals surface area contributed by atoms with E-state index in [-0.39, 0.29) is 47.7 Å². The molecular formula is C46H49Cl2FN6O7S. The third-order valence-corrected chi connectivity index (χ3v) is 13.5. The predicted molar refractivity (Wildman–Crippen MR) is 244 cm³/mol. The molecule has 0 bridgehead atoms. The van der Waals surface area contributed by atoms with Gasteiger partial charge in [-0.1, -0.05) is 55.3 Å². The molecule has 63 heavy (non-hydrogen) atoms. The minimum atomic E-state index is -4.66. The Kier molecular flexibility index (Phi) is 13.6. The summed E-state index contributed by atoms with van der Waals surface area (Å²) in [6, 6.07) is 19.6. The number of nitro groups is 1. The molecule has 0 saturated carbocycles. The van der Waals surface area contributed by atoms with Crippen molar-refractivity contribution in [2.75, 3.05) is 39.3 Å². The first-order chi connectivity index (χ1) is 29.6. The molecule has 4 heterocycles. The van der Waals surface area contributed by atoms with Gasteiger partial charge < -0.3 is 19.8 Å². The zero-order chi connectivity index (χ0) is 43.6. The Morgan fingerprint density at radius 2 is 1.76 bits per heavy atom. The highest BCUT2D eigenvalue weighted by Crippen LogP contribution is 2.44. The number of nitro benzene ring substituents is 1. The van der Waals surface area contributed by atoms with Crippen LogP contribution in [0.2, 0.25) is 5.02 Å². The molecule has 13 nitrogen and oxygen atoms in total. The highest BCUT2D eigenvalue weighted by Gasteiger charge is 2.34. The van der Waals surface area contributed by atoms with Gasteiger partial charge in [-0.05, 0) is 128 Å². The van der Waals surface area contributed by atoms with Gasteiger partial charge in [0, 0.05) is 42.3 Å². The van der Waals surface area contributed by atoms with Gasteiger partial charge in [-0.15, -0.1) is 12.4 Å². The lowest BCUT2D eigenvalue weighted by Gasteiger charge is -2.36. The fourth-order valence-electron chi connectivity index (χ4n) is 8.34. The molecule has 0 unspecified atom stereocenters. The van der Waals surface area contributed by atoms with Crippen LogP contribution < -0.4 is 19.5 Å². The van der Waals surface area contributed by atoms with Crippen LogP contribution >= 0.6 is 24.0 Å². The van der Waals surface area contributed by atoms with Crippen LogP contribution in [0.25, 0.3) is 22.2 Å². The van der Waals surface area contributed by atoms with Crippen molar-refractivity contribution in [1.29, 1.82) is 0 Å². The van der Waals surface area contributed by atoms with Gasteiger partial charge in [0.15, 0.2) is 5.75 Å². The van der Waals surface area contributed by atoms with E-state index in [0.29, 0.717) is 36.1 Å². The number of hydrogen-bond acceptors (Lipinski definition) is 10. The van der Waals surface area contributed by atoms with Gasteiger partial charge in [-0.25, -0.2) is 22.5 Å². The van der Waals surface area contributed by atoms with E-state index in [1.807, 2.05) is 18.2 Å². The first-order valence-corrected chi connectivity index (χ1v) is 22.5. The number of piperidine rings is 1. The first-order valence-electron chi connectivity index (χ1n) is 20.7. The molecule has 3 aromatic carbocycles. The number of halogens is 3. The number of nitrogens with one attached hydrogen (secondary N) is 3. The molecule has 0 spiro atoms. The third-order valence-electron chi connectivity index (χ3n) is 11.9. The molecule has 5 aromatic rings. The summed E-state index contributed by atoms with van der Waals surface area (Å²) in [6.45, 7) is 7.46. The lowest BCUT2D eigenvalue weighted by Crippen LogP contribution is -2.42. The summed E-state index contributed by atoms with van der Waals surface area (Å²) in [5, 5.41) is 16.6. The number of carbonyl (C=O) groups excluding carboxylic acids is 1. The second-order valence-corrected chi connectivity index (χ2v) is 19.2. The standard InChI is InChI=1S/C46H48ClFN6O7S.ClH/c1-45(2)15-11-34(39(26-45)31-3-6-35(47)7-4-31)28-53-21-13-30(14-22-53)32-5-9-38(42(24-32)61-36-23-33-12-18-50-43(33)51-27-36)44(55)52-62(58,59)37-8-10-41(40(25-37)54(56)57)60-29-46(48)16-19-49-20-17-46;/h3-10,12-13,18,23-25,27,49H,11,14-17,19-22,26,28-29H2,1-2H3,(H,50,51)(H,52,55);1H. The number of allylic oxidation sites excluding steroid dienone is 1. The topological polar surface area (TPSA) is 169 Å². The molecule has 1 fully saturated rings. The van der Waals surface area contributed by atoms with Gasteiger partial charge in [0.05, 0.1) is 21.6 Å². The molecule has 17 heteroatoms. The van der Waals surface area contributed by atoms with E-state index < -0.39 is 43.7 Å². The van der Waals surface area contributed by atoms with E-state index >= 15 is 4.39 Å². The van der Waals surface area contributed by atoms with Crippen LogP contribution in [0.5, 0.6) is 17.2 Å². The predicted octanol–water partition coefficient (Wildman–Crippen LogP) is 9.68. The lowest BCUT2D eigenvalue weighted by atomic mass is 9.72. The van der Waals surface area contributed by atoms with Crippen molar-refractivity contribution < 1.29 is 32.0 Å². The van der Waals surface area contributed by atoms with Crippen LogP contribution in [-0.2, 0) is 10.0 Å². The van der Waals surface area contributed by atoms with Crippen LogP contribution in [-0.4, -0.2) is 79.1 Å². The van der Waals surface area contributed by atoms with Crippen molar-refractivity contribution in [1.82, 2.24) is 24.9 Å². The second-order valence-electron chi connectivity index (χ2n) is 17.1. The number of ether oxygens (including phenoxy) is 2. The van der Waals surface area contributed by atoms with Crippen molar-refractivity contribution >= 4 is 67.8 Å².